The molecular formula is C20H19N5O2. The molecule has 136 valence electrons. The maximum Gasteiger partial charge on any atom is 0.255 e. The lowest BCUT2D eigenvalue weighted by molar-refractivity contribution is -0.116. The fourth-order valence-corrected chi connectivity index (χ4v) is 2.46. The van der Waals surface area contributed by atoms with Gasteiger partial charge in [0.05, 0.1) is 11.9 Å². The van der Waals surface area contributed by atoms with Crippen LogP contribution in [-0.4, -0.2) is 26.3 Å². The molecule has 0 aliphatic carbocycles. The summed E-state index contributed by atoms with van der Waals surface area (Å²) in [5.74, 6) is 1.10. The van der Waals surface area contributed by atoms with Crippen LogP contribution in [0.25, 0.3) is 5.82 Å². The van der Waals surface area contributed by atoms with E-state index in [2.05, 4.69) is 27.2 Å². The first kappa shape index (κ1) is 18.1. The minimum atomic E-state index is -0.237. The number of nitrogens with zero attached hydrogens (tertiary/aromatic N) is 3. The van der Waals surface area contributed by atoms with E-state index in [1.807, 2.05) is 23.8 Å². The molecule has 0 atom stereocenters. The molecule has 0 aliphatic heterocycles. The SMILES string of the molecule is C=CC(=O)NCc1ccc(C(=O)Nc2ccc(-n3ccnc3C)nc2)cc1. The average molecular weight is 361 g/mol. The maximum atomic E-state index is 12.4. The summed E-state index contributed by atoms with van der Waals surface area (Å²) in [5, 5.41) is 5.50. The smallest absolute Gasteiger partial charge is 0.255 e. The van der Waals surface area contributed by atoms with Crippen LogP contribution in [0, 0.1) is 6.92 Å². The van der Waals surface area contributed by atoms with Crippen LogP contribution in [0.4, 0.5) is 5.69 Å². The van der Waals surface area contributed by atoms with Gasteiger partial charge in [-0.05, 0) is 42.8 Å². The van der Waals surface area contributed by atoms with E-state index in [1.54, 1.807) is 42.7 Å². The maximum absolute atomic E-state index is 12.4. The normalized spacial score (nSPS) is 10.3. The number of pyridine rings is 1. The average Bonchev–Trinajstić information content (AvgIpc) is 3.13. The fraction of sp³-hybridized carbons (Fsp3) is 0.100. The Balaban J connectivity index is 1.62. The Hall–Kier alpha value is -3.74. The molecule has 27 heavy (non-hydrogen) atoms. The van der Waals surface area contributed by atoms with Gasteiger partial charge in [0, 0.05) is 24.5 Å². The lowest BCUT2D eigenvalue weighted by atomic mass is 10.1. The number of imidazole rings is 1. The van der Waals surface area contributed by atoms with Gasteiger partial charge < -0.3 is 10.6 Å². The summed E-state index contributed by atoms with van der Waals surface area (Å²) in [6.45, 7) is 5.67. The molecule has 0 saturated carbocycles. The molecule has 3 aromatic rings. The van der Waals surface area contributed by atoms with Gasteiger partial charge in [0.25, 0.3) is 5.91 Å². The van der Waals surface area contributed by atoms with Crippen molar-refractivity contribution in [2.24, 2.45) is 0 Å². The van der Waals surface area contributed by atoms with Crippen molar-refractivity contribution in [2.45, 2.75) is 13.5 Å². The third kappa shape index (κ3) is 4.46. The van der Waals surface area contributed by atoms with E-state index in [0.29, 0.717) is 17.8 Å². The van der Waals surface area contributed by atoms with Crippen molar-refractivity contribution >= 4 is 17.5 Å². The second-order valence-electron chi connectivity index (χ2n) is 5.82. The Labute approximate surface area is 156 Å². The molecule has 0 radical (unpaired) electrons. The van der Waals surface area contributed by atoms with E-state index >= 15 is 0 Å². The van der Waals surface area contributed by atoms with Crippen LogP contribution >= 0.6 is 0 Å². The third-order valence-corrected chi connectivity index (χ3v) is 3.95. The zero-order valence-electron chi connectivity index (χ0n) is 14.8. The highest BCUT2D eigenvalue weighted by atomic mass is 16.2. The molecule has 1 aromatic carbocycles. The first-order valence-corrected chi connectivity index (χ1v) is 8.34. The number of anilines is 1. The zero-order chi connectivity index (χ0) is 19.2. The van der Waals surface area contributed by atoms with Crippen molar-refractivity contribution in [3.8, 4) is 5.82 Å². The summed E-state index contributed by atoms with van der Waals surface area (Å²) in [6.07, 6.45) is 6.36. The predicted octanol–water partition coefficient (Wildman–Crippen LogP) is 2.63. The number of benzene rings is 1. The number of aryl methyl sites for hydroxylation is 1. The van der Waals surface area contributed by atoms with Crippen molar-refractivity contribution in [2.75, 3.05) is 5.32 Å². The van der Waals surface area contributed by atoms with Crippen LogP contribution < -0.4 is 10.6 Å². The lowest BCUT2D eigenvalue weighted by Gasteiger charge is -2.08. The molecule has 2 heterocycles. The Bertz CT molecular complexity index is 959. The number of nitrogens with one attached hydrogen (secondary N) is 2. The highest BCUT2D eigenvalue weighted by Crippen LogP contribution is 2.13. The molecule has 7 heteroatoms. The van der Waals surface area contributed by atoms with E-state index in [0.717, 1.165) is 17.2 Å². The first-order valence-electron chi connectivity index (χ1n) is 8.34. The summed E-state index contributed by atoms with van der Waals surface area (Å²) in [4.78, 5) is 32.1. The number of carbonyl (C=O) groups excluding carboxylic acids is 2. The van der Waals surface area contributed by atoms with Gasteiger partial charge in [-0.1, -0.05) is 18.7 Å². The lowest BCUT2D eigenvalue weighted by Crippen LogP contribution is -2.20. The Morgan fingerprint density at radius 1 is 1.15 bits per heavy atom. The number of hydrogen-bond acceptors (Lipinski definition) is 4. The van der Waals surface area contributed by atoms with E-state index in [-0.39, 0.29) is 11.8 Å². The van der Waals surface area contributed by atoms with Crippen molar-refractivity contribution in [3.63, 3.8) is 0 Å². The zero-order valence-corrected chi connectivity index (χ0v) is 14.8. The summed E-state index contributed by atoms with van der Waals surface area (Å²) in [6, 6.07) is 10.6. The van der Waals surface area contributed by atoms with Crippen molar-refractivity contribution in [1.82, 2.24) is 19.9 Å². The minimum absolute atomic E-state index is 0.231. The molecule has 7 nitrogen and oxygen atoms in total. The number of rotatable bonds is 6. The largest absolute Gasteiger partial charge is 0.348 e. The number of aromatic nitrogens is 3. The number of hydrogen-bond donors (Lipinski definition) is 2. The summed E-state index contributed by atoms with van der Waals surface area (Å²) < 4.78 is 1.86. The van der Waals surface area contributed by atoms with Gasteiger partial charge in [-0.3, -0.25) is 14.2 Å². The molecule has 0 unspecified atom stereocenters. The van der Waals surface area contributed by atoms with Crippen LogP contribution in [0.1, 0.15) is 21.7 Å². The van der Waals surface area contributed by atoms with Gasteiger partial charge in [0.2, 0.25) is 5.91 Å². The monoisotopic (exact) mass is 361 g/mol. The molecule has 0 aliphatic rings. The molecule has 2 aromatic heterocycles. The summed E-state index contributed by atoms with van der Waals surface area (Å²) in [7, 11) is 0. The van der Waals surface area contributed by atoms with Crippen LogP contribution in [0.15, 0.2) is 67.6 Å². The quantitative estimate of drug-likeness (QED) is 0.661. The minimum Gasteiger partial charge on any atom is -0.348 e. The molecule has 0 saturated heterocycles. The van der Waals surface area contributed by atoms with Crippen LogP contribution in [-0.2, 0) is 11.3 Å². The van der Waals surface area contributed by atoms with E-state index < -0.39 is 0 Å². The van der Waals surface area contributed by atoms with Crippen LogP contribution in [0.2, 0.25) is 0 Å². The van der Waals surface area contributed by atoms with Gasteiger partial charge in [-0.15, -0.1) is 0 Å². The van der Waals surface area contributed by atoms with Gasteiger partial charge in [0.1, 0.15) is 11.6 Å². The third-order valence-electron chi connectivity index (χ3n) is 3.95. The van der Waals surface area contributed by atoms with E-state index in [4.69, 9.17) is 0 Å². The highest BCUT2D eigenvalue weighted by Gasteiger charge is 2.08. The Morgan fingerprint density at radius 3 is 2.52 bits per heavy atom. The van der Waals surface area contributed by atoms with E-state index in [9.17, 15) is 9.59 Å². The molecule has 2 N–H and O–H groups in total. The number of carbonyl (C=O) groups is 2. The highest BCUT2D eigenvalue weighted by molar-refractivity contribution is 6.04. The predicted molar refractivity (Wildman–Crippen MR) is 103 cm³/mol. The Kier molecular flexibility index (Phi) is 5.41. The second-order valence-corrected chi connectivity index (χ2v) is 5.82. The van der Waals surface area contributed by atoms with E-state index in [1.165, 1.54) is 6.08 Å². The van der Waals surface area contributed by atoms with Gasteiger partial charge in [-0.25, -0.2) is 9.97 Å². The van der Waals surface area contributed by atoms with Gasteiger partial charge in [0.15, 0.2) is 0 Å². The molecule has 3 rings (SSSR count). The molecule has 0 bridgehead atoms. The van der Waals surface area contributed by atoms with Crippen LogP contribution in [0.5, 0.6) is 0 Å². The molecule has 0 spiro atoms. The topological polar surface area (TPSA) is 88.9 Å². The van der Waals surface area contributed by atoms with Crippen molar-refractivity contribution in [3.05, 3.63) is 84.6 Å². The van der Waals surface area contributed by atoms with Crippen molar-refractivity contribution in [1.29, 1.82) is 0 Å². The Morgan fingerprint density at radius 2 is 1.93 bits per heavy atom. The van der Waals surface area contributed by atoms with Crippen LogP contribution in [0.3, 0.4) is 0 Å². The second kappa shape index (κ2) is 8.09. The van der Waals surface area contributed by atoms with Gasteiger partial charge >= 0.3 is 0 Å². The van der Waals surface area contributed by atoms with Gasteiger partial charge in [-0.2, -0.15) is 0 Å². The first-order chi connectivity index (χ1) is 13.1. The number of amides is 2. The summed E-state index contributed by atoms with van der Waals surface area (Å²) >= 11 is 0. The fourth-order valence-electron chi connectivity index (χ4n) is 2.46. The standard InChI is InChI=1S/C20H19N5O2/c1-3-19(26)23-12-15-4-6-16(7-5-15)20(27)24-17-8-9-18(22-13-17)25-11-10-21-14(25)2/h3-11,13H,1,12H2,2H3,(H,23,26)(H,24,27). The summed E-state index contributed by atoms with van der Waals surface area (Å²) in [5.41, 5.74) is 2.01. The van der Waals surface area contributed by atoms with Crippen molar-refractivity contribution < 1.29 is 9.59 Å². The molecular weight excluding hydrogens is 342 g/mol. The molecule has 2 amide bonds. The molecule has 0 fully saturated rings.